The molecule has 0 saturated carbocycles. The summed E-state index contributed by atoms with van der Waals surface area (Å²) < 4.78 is 5.16. The zero-order valence-corrected chi connectivity index (χ0v) is 14.9. The van der Waals surface area contributed by atoms with Gasteiger partial charge in [0.05, 0.1) is 12.2 Å². The van der Waals surface area contributed by atoms with E-state index in [4.69, 9.17) is 4.74 Å². The fraction of sp³-hybridized carbons (Fsp3) is 0.600. The van der Waals surface area contributed by atoms with Crippen LogP contribution in [-0.4, -0.2) is 36.5 Å². The van der Waals surface area contributed by atoms with Crippen LogP contribution in [0.3, 0.4) is 0 Å². The molecule has 1 aliphatic rings. The number of ether oxygens (including phenoxy) is 1. The van der Waals surface area contributed by atoms with Gasteiger partial charge >= 0.3 is 5.97 Å². The Balaban J connectivity index is 0.00000242. The fourth-order valence-corrected chi connectivity index (χ4v) is 3.74. The first-order chi connectivity index (χ1) is 10.1. The number of nitrogens with zero attached hydrogens (tertiary/aromatic N) is 1. The molecule has 0 spiro atoms. The van der Waals surface area contributed by atoms with Gasteiger partial charge in [-0.1, -0.05) is 13.8 Å². The average molecular weight is 347 g/mol. The summed E-state index contributed by atoms with van der Waals surface area (Å²) in [6.07, 6.45) is 1.22. The Kier molecular flexibility index (Phi) is 7.32. The summed E-state index contributed by atoms with van der Waals surface area (Å²) in [7, 11) is 0. The second-order valence-electron chi connectivity index (χ2n) is 4.95. The molecule has 7 heteroatoms. The summed E-state index contributed by atoms with van der Waals surface area (Å²) in [6, 6.07) is 0. The van der Waals surface area contributed by atoms with Gasteiger partial charge < -0.3 is 10.1 Å². The number of anilines is 1. The van der Waals surface area contributed by atoms with E-state index >= 15 is 0 Å². The lowest BCUT2D eigenvalue weighted by molar-refractivity contribution is -0.115. The largest absolute Gasteiger partial charge is 0.462 e. The van der Waals surface area contributed by atoms with Crippen LogP contribution in [0.5, 0.6) is 0 Å². The minimum Gasteiger partial charge on any atom is -0.462 e. The van der Waals surface area contributed by atoms with Crippen LogP contribution in [0, 0.1) is 0 Å². The van der Waals surface area contributed by atoms with Crippen LogP contribution in [0.2, 0.25) is 0 Å². The molecule has 0 unspecified atom stereocenters. The minimum absolute atomic E-state index is 0. The van der Waals surface area contributed by atoms with Gasteiger partial charge in [-0.25, -0.2) is 4.79 Å². The number of rotatable bonds is 5. The number of hydrogen-bond acceptors (Lipinski definition) is 5. The SMILES string of the molecule is CCOC(=O)c1c(NC(=O)CC)sc2c1CCN(CC)C2.Cl. The lowest BCUT2D eigenvalue weighted by Gasteiger charge is -2.25. The predicted octanol–water partition coefficient (Wildman–Crippen LogP) is 3.07. The zero-order chi connectivity index (χ0) is 15.4. The van der Waals surface area contributed by atoms with Crippen molar-refractivity contribution in [3.63, 3.8) is 0 Å². The second kappa shape index (κ2) is 8.50. The second-order valence-corrected chi connectivity index (χ2v) is 6.05. The van der Waals surface area contributed by atoms with Gasteiger partial charge in [-0.3, -0.25) is 9.69 Å². The molecule has 1 aromatic heterocycles. The van der Waals surface area contributed by atoms with Crippen LogP contribution in [-0.2, 0) is 22.5 Å². The van der Waals surface area contributed by atoms with E-state index in [1.165, 1.54) is 11.3 Å². The number of carbonyl (C=O) groups is 2. The number of likely N-dealkylation sites (N-methyl/N-ethyl adjacent to an activating group) is 1. The van der Waals surface area contributed by atoms with Gasteiger partial charge in [0.25, 0.3) is 0 Å². The maximum atomic E-state index is 12.2. The quantitative estimate of drug-likeness (QED) is 0.832. The highest BCUT2D eigenvalue weighted by atomic mass is 35.5. The third kappa shape index (κ3) is 4.00. The number of amides is 1. The number of esters is 1. The third-order valence-electron chi connectivity index (χ3n) is 3.64. The van der Waals surface area contributed by atoms with Gasteiger partial charge in [-0.15, -0.1) is 23.7 Å². The molecule has 1 aliphatic heterocycles. The van der Waals surface area contributed by atoms with E-state index in [0.717, 1.165) is 36.5 Å². The lowest BCUT2D eigenvalue weighted by atomic mass is 10.0. The van der Waals surface area contributed by atoms with Crippen LogP contribution < -0.4 is 5.32 Å². The third-order valence-corrected chi connectivity index (χ3v) is 4.77. The predicted molar refractivity (Wildman–Crippen MR) is 91.1 cm³/mol. The molecule has 22 heavy (non-hydrogen) atoms. The molecule has 1 amide bonds. The van der Waals surface area contributed by atoms with E-state index in [1.54, 1.807) is 13.8 Å². The van der Waals surface area contributed by atoms with E-state index in [2.05, 4.69) is 17.1 Å². The molecule has 124 valence electrons. The van der Waals surface area contributed by atoms with Gasteiger partial charge in [0.2, 0.25) is 5.91 Å². The van der Waals surface area contributed by atoms with Crippen LogP contribution in [0.15, 0.2) is 0 Å². The van der Waals surface area contributed by atoms with Crippen molar-refractivity contribution >= 4 is 40.6 Å². The van der Waals surface area contributed by atoms with Crippen molar-refractivity contribution in [2.24, 2.45) is 0 Å². The van der Waals surface area contributed by atoms with E-state index < -0.39 is 0 Å². The Morgan fingerprint density at radius 2 is 2.05 bits per heavy atom. The standard InChI is InChI=1S/C15H22N2O3S.ClH/c1-4-12(18)16-14-13(15(19)20-6-3)10-7-8-17(5-2)9-11(10)21-14;/h4-9H2,1-3H3,(H,16,18);1H. The normalized spacial score (nSPS) is 14.0. The van der Waals surface area contributed by atoms with Crippen molar-refractivity contribution in [1.82, 2.24) is 4.90 Å². The summed E-state index contributed by atoms with van der Waals surface area (Å²) >= 11 is 1.50. The van der Waals surface area contributed by atoms with Crippen molar-refractivity contribution in [1.29, 1.82) is 0 Å². The van der Waals surface area contributed by atoms with Crippen molar-refractivity contribution in [2.75, 3.05) is 25.0 Å². The molecule has 0 aliphatic carbocycles. The summed E-state index contributed by atoms with van der Waals surface area (Å²) in [5, 5.41) is 3.49. The van der Waals surface area contributed by atoms with Crippen molar-refractivity contribution < 1.29 is 14.3 Å². The molecule has 0 aromatic carbocycles. The molecule has 0 fully saturated rings. The monoisotopic (exact) mass is 346 g/mol. The van der Waals surface area contributed by atoms with Crippen molar-refractivity contribution in [3.8, 4) is 0 Å². The Hall–Kier alpha value is -1.11. The molecule has 5 nitrogen and oxygen atoms in total. The first-order valence-corrected chi connectivity index (χ1v) is 8.26. The van der Waals surface area contributed by atoms with E-state index in [1.807, 2.05) is 0 Å². The Morgan fingerprint density at radius 1 is 1.32 bits per heavy atom. The van der Waals surface area contributed by atoms with Crippen LogP contribution >= 0.6 is 23.7 Å². The van der Waals surface area contributed by atoms with Crippen LogP contribution in [0.1, 0.15) is 48.0 Å². The number of halogens is 1. The van der Waals surface area contributed by atoms with Crippen LogP contribution in [0.4, 0.5) is 5.00 Å². The molecule has 0 bridgehead atoms. The molecule has 1 aromatic rings. The molecule has 2 heterocycles. The van der Waals surface area contributed by atoms with Crippen molar-refractivity contribution in [2.45, 2.75) is 40.2 Å². The van der Waals surface area contributed by atoms with E-state index in [9.17, 15) is 9.59 Å². The molecule has 1 N–H and O–H groups in total. The maximum absolute atomic E-state index is 12.2. The maximum Gasteiger partial charge on any atom is 0.341 e. The van der Waals surface area contributed by atoms with Gasteiger partial charge in [-0.2, -0.15) is 0 Å². The van der Waals surface area contributed by atoms with Gasteiger partial charge in [0.1, 0.15) is 5.00 Å². The van der Waals surface area contributed by atoms with Gasteiger partial charge in [0, 0.05) is 24.4 Å². The number of fused-ring (bicyclic) bond motifs is 1. The summed E-state index contributed by atoms with van der Waals surface area (Å²) in [6.45, 7) is 8.82. The van der Waals surface area contributed by atoms with E-state index in [-0.39, 0.29) is 24.3 Å². The van der Waals surface area contributed by atoms with Crippen LogP contribution in [0.25, 0.3) is 0 Å². The molecular weight excluding hydrogens is 324 g/mol. The molecule has 0 radical (unpaired) electrons. The zero-order valence-electron chi connectivity index (χ0n) is 13.2. The topological polar surface area (TPSA) is 58.6 Å². The van der Waals surface area contributed by atoms with Crippen molar-refractivity contribution in [3.05, 3.63) is 16.0 Å². The number of thiophene rings is 1. The minimum atomic E-state index is -0.327. The highest BCUT2D eigenvalue weighted by Crippen LogP contribution is 2.37. The van der Waals surface area contributed by atoms with E-state index in [0.29, 0.717) is 23.6 Å². The Labute approximate surface area is 141 Å². The summed E-state index contributed by atoms with van der Waals surface area (Å²) in [4.78, 5) is 27.4. The van der Waals surface area contributed by atoms with Gasteiger partial charge in [-0.05, 0) is 25.5 Å². The number of nitrogens with one attached hydrogen (secondary N) is 1. The first kappa shape index (κ1) is 18.9. The highest BCUT2D eigenvalue weighted by Gasteiger charge is 2.28. The highest BCUT2D eigenvalue weighted by molar-refractivity contribution is 7.17. The lowest BCUT2D eigenvalue weighted by Crippen LogP contribution is -2.30. The number of hydrogen-bond donors (Lipinski definition) is 1. The molecule has 2 rings (SSSR count). The molecular formula is C15H23ClN2O3S. The summed E-state index contributed by atoms with van der Waals surface area (Å²) in [5.41, 5.74) is 1.61. The first-order valence-electron chi connectivity index (χ1n) is 7.44. The smallest absolute Gasteiger partial charge is 0.341 e. The molecule has 0 atom stereocenters. The molecule has 0 saturated heterocycles. The Morgan fingerprint density at radius 3 is 2.64 bits per heavy atom. The Bertz CT molecular complexity index is 545. The fourth-order valence-electron chi connectivity index (χ4n) is 2.45. The number of carbonyl (C=O) groups excluding carboxylic acids is 2. The average Bonchev–Trinajstić information content (AvgIpc) is 2.83. The summed E-state index contributed by atoms with van der Waals surface area (Å²) in [5.74, 6) is -0.405. The van der Waals surface area contributed by atoms with Gasteiger partial charge in [0.15, 0.2) is 0 Å².